The monoisotopic (exact) mass is 494 g/mol. The van der Waals surface area contributed by atoms with E-state index in [0.717, 1.165) is 32.2 Å². The van der Waals surface area contributed by atoms with Crippen molar-refractivity contribution in [2.75, 3.05) is 38.1 Å². The highest BCUT2D eigenvalue weighted by atomic mass is 35.5. The molecule has 3 atom stereocenters. The summed E-state index contributed by atoms with van der Waals surface area (Å²) in [4.78, 5) is 44.3. The Hall–Kier alpha value is -1.87. The summed E-state index contributed by atoms with van der Waals surface area (Å²) < 4.78 is 5.91. The molecule has 178 valence electrons. The number of halogens is 2. The minimum absolute atomic E-state index is 0.0277. The number of anilines is 1. The first kappa shape index (κ1) is 22.9. The Morgan fingerprint density at radius 2 is 2.00 bits per heavy atom. The van der Waals surface area contributed by atoms with Crippen LogP contribution >= 0.6 is 23.2 Å². The molecule has 1 aliphatic carbocycles. The highest BCUT2D eigenvalue weighted by molar-refractivity contribution is 6.42. The molecule has 10 heteroatoms. The fourth-order valence-corrected chi connectivity index (χ4v) is 5.53. The number of nitrogens with zero attached hydrogens (tertiary/aromatic N) is 3. The van der Waals surface area contributed by atoms with Crippen LogP contribution in [0.25, 0.3) is 0 Å². The normalized spacial score (nSPS) is 29.2. The van der Waals surface area contributed by atoms with E-state index in [-0.39, 0.29) is 23.9 Å². The molecule has 1 spiro atoms. The van der Waals surface area contributed by atoms with Crippen LogP contribution in [0.2, 0.25) is 10.0 Å². The van der Waals surface area contributed by atoms with E-state index in [4.69, 9.17) is 27.9 Å². The zero-order valence-electron chi connectivity index (χ0n) is 18.6. The van der Waals surface area contributed by atoms with Crippen molar-refractivity contribution >= 4 is 46.6 Å². The topological polar surface area (TPSA) is 82.2 Å². The standard InChI is InChI=1S/C23H28Cl2N4O4/c1-14-21(31)29-16(11-27-8-7-23(5-6-23)19(30)12-27)4-9-33-20(29)13-28(14)22(32)26-15-2-3-17(24)18(25)10-15/h2-3,10,14,16,20H,4-9,11-13H2,1H3,(H,26,32)/t14-,16-,20?/m0/s1. The van der Waals surface area contributed by atoms with Crippen molar-refractivity contribution in [2.45, 2.75) is 50.9 Å². The minimum Gasteiger partial charge on any atom is -0.356 e. The number of hydrogen-bond acceptors (Lipinski definition) is 5. The van der Waals surface area contributed by atoms with Crippen LogP contribution < -0.4 is 5.32 Å². The highest BCUT2D eigenvalue weighted by Gasteiger charge is 2.52. The first-order valence-corrected chi connectivity index (χ1v) is 12.3. The lowest BCUT2D eigenvalue weighted by molar-refractivity contribution is -0.184. The number of ketones is 1. The van der Waals surface area contributed by atoms with Crippen LogP contribution in [-0.4, -0.2) is 83.5 Å². The van der Waals surface area contributed by atoms with Gasteiger partial charge in [-0.2, -0.15) is 0 Å². The Morgan fingerprint density at radius 1 is 1.21 bits per heavy atom. The van der Waals surface area contributed by atoms with Gasteiger partial charge in [0.25, 0.3) is 0 Å². The molecule has 3 amide bonds. The second kappa shape index (κ2) is 8.73. The molecule has 1 N–H and O–H groups in total. The number of piperazine rings is 1. The van der Waals surface area contributed by atoms with E-state index >= 15 is 0 Å². The third-order valence-corrected chi connectivity index (χ3v) is 8.26. The van der Waals surface area contributed by atoms with Gasteiger partial charge in [-0.3, -0.25) is 14.5 Å². The van der Waals surface area contributed by atoms with E-state index in [1.165, 1.54) is 4.90 Å². The minimum atomic E-state index is -0.633. The number of likely N-dealkylation sites (tertiary alicyclic amines) is 1. The number of Topliss-reactive ketones (excluding diaryl/α,β-unsaturated/α-hetero) is 1. The number of ether oxygens (including phenoxy) is 1. The van der Waals surface area contributed by atoms with E-state index in [2.05, 4.69) is 10.2 Å². The Bertz CT molecular complexity index is 985. The van der Waals surface area contributed by atoms with Gasteiger partial charge in [0.05, 0.1) is 29.7 Å². The van der Waals surface area contributed by atoms with E-state index in [1.54, 1.807) is 30.0 Å². The summed E-state index contributed by atoms with van der Waals surface area (Å²) in [5, 5.41) is 3.53. The van der Waals surface area contributed by atoms with Gasteiger partial charge in [0.1, 0.15) is 6.04 Å². The molecule has 33 heavy (non-hydrogen) atoms. The molecule has 4 fully saturated rings. The van der Waals surface area contributed by atoms with Crippen molar-refractivity contribution in [3.63, 3.8) is 0 Å². The number of carbonyl (C=O) groups is 3. The molecule has 0 radical (unpaired) electrons. The molecule has 5 rings (SSSR count). The second-order valence-electron chi connectivity index (χ2n) is 9.59. The summed E-state index contributed by atoms with van der Waals surface area (Å²) >= 11 is 12.0. The smallest absolute Gasteiger partial charge is 0.322 e. The van der Waals surface area contributed by atoms with Crippen LogP contribution in [0.1, 0.15) is 32.6 Å². The summed E-state index contributed by atoms with van der Waals surface area (Å²) in [6.07, 6.45) is 3.20. The Kier molecular flexibility index (Phi) is 6.05. The van der Waals surface area contributed by atoms with Crippen LogP contribution in [0.5, 0.6) is 0 Å². The van der Waals surface area contributed by atoms with Gasteiger partial charge < -0.3 is 19.9 Å². The SMILES string of the molecule is C[C@H]1C(=O)N2C(CN1C(=O)Nc1ccc(Cl)c(Cl)c1)OCC[C@H]2CN1CCC2(CC2)C(=O)C1. The fraction of sp³-hybridized carbons (Fsp3) is 0.609. The zero-order chi connectivity index (χ0) is 23.3. The molecular formula is C23H28Cl2N4O4. The Balaban J connectivity index is 1.25. The number of fused-ring (bicyclic) bond motifs is 1. The molecule has 0 bridgehead atoms. The summed E-state index contributed by atoms with van der Waals surface area (Å²) in [6.45, 7) is 4.55. The van der Waals surface area contributed by atoms with Gasteiger partial charge in [0.15, 0.2) is 12.0 Å². The van der Waals surface area contributed by atoms with Crippen molar-refractivity contribution in [2.24, 2.45) is 5.41 Å². The fourth-order valence-electron chi connectivity index (χ4n) is 5.23. The maximum Gasteiger partial charge on any atom is 0.322 e. The maximum atomic E-state index is 13.4. The first-order valence-electron chi connectivity index (χ1n) is 11.5. The lowest BCUT2D eigenvalue weighted by Crippen LogP contribution is -2.68. The largest absolute Gasteiger partial charge is 0.356 e. The third-order valence-electron chi connectivity index (χ3n) is 7.52. The lowest BCUT2D eigenvalue weighted by atomic mass is 9.91. The van der Waals surface area contributed by atoms with Gasteiger partial charge in [-0.05, 0) is 57.4 Å². The number of amides is 3. The summed E-state index contributed by atoms with van der Waals surface area (Å²) in [5.41, 5.74) is 0.467. The van der Waals surface area contributed by atoms with Crippen molar-refractivity contribution in [3.8, 4) is 0 Å². The second-order valence-corrected chi connectivity index (χ2v) is 10.4. The van der Waals surface area contributed by atoms with Crippen molar-refractivity contribution < 1.29 is 19.1 Å². The van der Waals surface area contributed by atoms with Crippen LogP contribution in [0.4, 0.5) is 10.5 Å². The molecule has 0 aromatic heterocycles. The predicted molar refractivity (Wildman–Crippen MR) is 124 cm³/mol. The maximum absolute atomic E-state index is 13.4. The number of rotatable bonds is 3. The average Bonchev–Trinajstić information content (AvgIpc) is 3.57. The van der Waals surface area contributed by atoms with Gasteiger partial charge >= 0.3 is 6.03 Å². The molecular weight excluding hydrogens is 467 g/mol. The van der Waals surface area contributed by atoms with Gasteiger partial charge in [0.2, 0.25) is 5.91 Å². The first-order chi connectivity index (χ1) is 15.8. The van der Waals surface area contributed by atoms with Crippen LogP contribution in [0, 0.1) is 5.41 Å². The molecule has 1 aromatic rings. The third kappa shape index (κ3) is 4.34. The molecule has 3 aliphatic heterocycles. The average molecular weight is 495 g/mol. The van der Waals surface area contributed by atoms with Gasteiger partial charge in [-0.15, -0.1) is 0 Å². The molecule has 3 heterocycles. The van der Waals surface area contributed by atoms with Crippen molar-refractivity contribution in [3.05, 3.63) is 28.2 Å². The number of benzene rings is 1. The summed E-state index contributed by atoms with van der Waals surface area (Å²) in [7, 11) is 0. The van der Waals surface area contributed by atoms with Crippen molar-refractivity contribution in [1.82, 2.24) is 14.7 Å². The molecule has 3 saturated heterocycles. The molecule has 1 saturated carbocycles. The quantitative estimate of drug-likeness (QED) is 0.697. The van der Waals surface area contributed by atoms with Crippen LogP contribution in [-0.2, 0) is 14.3 Å². The van der Waals surface area contributed by atoms with E-state index < -0.39 is 18.3 Å². The molecule has 4 aliphatic rings. The number of nitrogens with one attached hydrogen (secondary N) is 1. The van der Waals surface area contributed by atoms with E-state index in [0.29, 0.717) is 41.2 Å². The Morgan fingerprint density at radius 3 is 2.70 bits per heavy atom. The van der Waals surface area contributed by atoms with Crippen molar-refractivity contribution in [1.29, 1.82) is 0 Å². The van der Waals surface area contributed by atoms with Gasteiger partial charge in [0, 0.05) is 23.7 Å². The zero-order valence-corrected chi connectivity index (χ0v) is 20.1. The molecule has 1 unspecified atom stereocenters. The Labute approximate surface area is 203 Å². The highest BCUT2D eigenvalue weighted by Crippen LogP contribution is 2.51. The van der Waals surface area contributed by atoms with Crippen LogP contribution in [0.15, 0.2) is 18.2 Å². The van der Waals surface area contributed by atoms with Gasteiger partial charge in [-0.25, -0.2) is 4.79 Å². The number of urea groups is 1. The summed E-state index contributed by atoms with van der Waals surface area (Å²) in [5.74, 6) is 0.211. The lowest BCUT2D eigenvalue weighted by Gasteiger charge is -2.50. The molecule has 1 aromatic carbocycles. The van der Waals surface area contributed by atoms with Crippen LogP contribution in [0.3, 0.4) is 0 Å². The number of hydrogen-bond donors (Lipinski definition) is 1. The number of carbonyl (C=O) groups excluding carboxylic acids is 3. The molecule has 8 nitrogen and oxygen atoms in total. The van der Waals surface area contributed by atoms with Gasteiger partial charge in [-0.1, -0.05) is 23.2 Å². The summed E-state index contributed by atoms with van der Waals surface area (Å²) in [6, 6.07) is 3.79. The number of piperidine rings is 1. The van der Waals surface area contributed by atoms with E-state index in [9.17, 15) is 14.4 Å². The van der Waals surface area contributed by atoms with E-state index in [1.807, 2.05) is 0 Å². The predicted octanol–water partition coefficient (Wildman–Crippen LogP) is 3.23.